The predicted octanol–water partition coefficient (Wildman–Crippen LogP) is 3.33. The molecule has 0 aliphatic heterocycles. The van der Waals surface area contributed by atoms with Gasteiger partial charge in [0.1, 0.15) is 0 Å². The van der Waals surface area contributed by atoms with Crippen molar-refractivity contribution in [1.29, 1.82) is 0 Å². The normalized spacial score (nSPS) is 13.9. The Morgan fingerprint density at radius 2 is 1.04 bits per heavy atom. The van der Waals surface area contributed by atoms with Crippen molar-refractivity contribution in [3.05, 3.63) is 0 Å². The van der Waals surface area contributed by atoms with Crippen molar-refractivity contribution in [2.45, 2.75) is 141 Å². The van der Waals surface area contributed by atoms with E-state index in [-0.39, 0.29) is 57.5 Å². The Labute approximate surface area is 218 Å². The first-order chi connectivity index (χ1) is 12.9. The van der Waals surface area contributed by atoms with E-state index in [1.54, 1.807) is 6.92 Å². The molecule has 0 bridgehead atoms. The van der Waals surface area contributed by atoms with Crippen molar-refractivity contribution in [1.82, 2.24) is 0 Å². The van der Waals surface area contributed by atoms with Crippen LogP contribution in [0.5, 0.6) is 0 Å². The molecule has 0 saturated heterocycles. The monoisotopic (exact) mass is 444 g/mol. The van der Waals surface area contributed by atoms with Crippen molar-refractivity contribution in [3.63, 3.8) is 0 Å². The van der Waals surface area contributed by atoms with Crippen molar-refractivity contribution < 1.29 is 69.5 Å². The maximum Gasteiger partial charge on any atom is 1.00 e. The molecule has 6 heteroatoms. The van der Waals surface area contributed by atoms with Gasteiger partial charge < -0.3 is 9.66 Å². The summed E-state index contributed by atoms with van der Waals surface area (Å²) in [6, 6.07) is 0. The molecular formula is C22H45KO4S. The van der Waals surface area contributed by atoms with Crippen LogP contribution < -0.4 is 51.4 Å². The summed E-state index contributed by atoms with van der Waals surface area (Å²) in [6.07, 6.45) is 19.4. The first kappa shape index (κ1) is 31.7. The van der Waals surface area contributed by atoms with Crippen LogP contribution in [0.4, 0.5) is 0 Å². The molecule has 0 aromatic heterocycles. The second-order valence-corrected chi connectivity index (χ2v) is 9.79. The zero-order chi connectivity index (χ0) is 20.4. The van der Waals surface area contributed by atoms with Crippen molar-refractivity contribution in [2.24, 2.45) is 0 Å². The molecule has 0 fully saturated rings. The van der Waals surface area contributed by atoms with Gasteiger partial charge in [-0.05, 0) is 25.7 Å². The van der Waals surface area contributed by atoms with Crippen LogP contribution in [0.2, 0.25) is 0 Å². The number of hydrogen-bond acceptors (Lipinski definition) is 4. The van der Waals surface area contributed by atoms with Gasteiger partial charge in [0.15, 0.2) is 0 Å². The minimum Gasteiger partial charge on any atom is -0.748 e. The van der Waals surface area contributed by atoms with Crippen LogP contribution in [0.15, 0.2) is 0 Å². The van der Waals surface area contributed by atoms with Crippen LogP contribution in [0.1, 0.15) is 129 Å². The summed E-state index contributed by atoms with van der Waals surface area (Å²) in [7, 11) is -4.11. The summed E-state index contributed by atoms with van der Waals surface area (Å²) >= 11 is 0. The predicted molar refractivity (Wildman–Crippen MR) is 114 cm³/mol. The molecule has 0 saturated carbocycles. The molecule has 0 amide bonds. The van der Waals surface area contributed by atoms with E-state index < -0.39 is 15.4 Å². The summed E-state index contributed by atoms with van der Waals surface area (Å²) in [5.74, 6) is 0. The zero-order valence-electron chi connectivity index (χ0n) is 19.0. The van der Waals surface area contributed by atoms with Crippen LogP contribution in [-0.4, -0.2) is 29.4 Å². The molecule has 28 heavy (non-hydrogen) atoms. The Balaban J connectivity index is 0. The van der Waals surface area contributed by atoms with E-state index in [0.29, 0.717) is 12.8 Å². The van der Waals surface area contributed by atoms with Gasteiger partial charge in [-0.15, -0.1) is 0 Å². The van der Waals surface area contributed by atoms with E-state index in [1.165, 1.54) is 64.2 Å². The molecule has 0 heterocycles. The standard InChI is InChI=1S/C22H46O4S.K/c1-3-5-6-12-15-18-21(23)19-16-13-10-8-7-9-11-14-17-20-22(4-2)27(24,25)26;/h21-23H,3-20H2,1-2H3,(H,24,25,26);/q;+1/p-1. The van der Waals surface area contributed by atoms with E-state index in [4.69, 9.17) is 0 Å². The minimum absolute atomic E-state index is 0. The van der Waals surface area contributed by atoms with Crippen LogP contribution >= 0.6 is 0 Å². The summed E-state index contributed by atoms with van der Waals surface area (Å²) in [5.41, 5.74) is 0. The third kappa shape index (κ3) is 20.8. The quantitative estimate of drug-likeness (QED) is 0.177. The maximum atomic E-state index is 11.0. The largest absolute Gasteiger partial charge is 1.00 e. The van der Waals surface area contributed by atoms with Crippen LogP contribution in [-0.2, 0) is 10.1 Å². The molecule has 0 radical (unpaired) electrons. The Kier molecular flexibility index (Phi) is 24.6. The van der Waals surface area contributed by atoms with Crippen molar-refractivity contribution >= 4 is 10.1 Å². The summed E-state index contributed by atoms with van der Waals surface area (Å²) in [5, 5.41) is 9.29. The van der Waals surface area contributed by atoms with Gasteiger partial charge in [-0.1, -0.05) is 104 Å². The van der Waals surface area contributed by atoms with E-state index in [2.05, 4.69) is 6.92 Å². The van der Waals surface area contributed by atoms with Crippen molar-refractivity contribution in [2.75, 3.05) is 0 Å². The van der Waals surface area contributed by atoms with Crippen LogP contribution in [0.25, 0.3) is 0 Å². The van der Waals surface area contributed by atoms with E-state index in [0.717, 1.165) is 38.5 Å². The molecule has 0 aromatic carbocycles. The zero-order valence-corrected chi connectivity index (χ0v) is 22.9. The summed E-state index contributed by atoms with van der Waals surface area (Å²) < 4.78 is 33.0. The number of rotatable bonds is 20. The molecule has 0 aliphatic carbocycles. The first-order valence-corrected chi connectivity index (χ1v) is 13.0. The van der Waals surface area contributed by atoms with E-state index in [9.17, 15) is 18.1 Å². The molecule has 0 aromatic rings. The van der Waals surface area contributed by atoms with Gasteiger partial charge in [-0.2, -0.15) is 0 Å². The van der Waals surface area contributed by atoms with Gasteiger partial charge in [-0.25, -0.2) is 8.42 Å². The van der Waals surface area contributed by atoms with E-state index >= 15 is 0 Å². The number of aliphatic hydroxyl groups excluding tert-OH is 1. The first-order valence-electron chi connectivity index (χ1n) is 11.5. The van der Waals surface area contributed by atoms with Crippen molar-refractivity contribution in [3.8, 4) is 0 Å². The van der Waals surface area contributed by atoms with Crippen LogP contribution in [0.3, 0.4) is 0 Å². The van der Waals surface area contributed by atoms with Gasteiger partial charge in [-0.3, -0.25) is 0 Å². The third-order valence-corrected chi connectivity index (χ3v) is 6.95. The van der Waals surface area contributed by atoms with Gasteiger partial charge >= 0.3 is 51.4 Å². The minimum atomic E-state index is -4.11. The fraction of sp³-hybridized carbons (Fsp3) is 1.00. The fourth-order valence-corrected chi connectivity index (χ4v) is 4.53. The van der Waals surface area contributed by atoms with Gasteiger partial charge in [0, 0.05) is 5.25 Å². The summed E-state index contributed by atoms with van der Waals surface area (Å²) in [6.45, 7) is 3.99. The molecule has 2 unspecified atom stereocenters. The Morgan fingerprint density at radius 1 is 0.679 bits per heavy atom. The topological polar surface area (TPSA) is 77.4 Å². The molecule has 0 spiro atoms. The molecule has 4 nitrogen and oxygen atoms in total. The molecule has 164 valence electrons. The van der Waals surface area contributed by atoms with Crippen LogP contribution in [0, 0.1) is 0 Å². The van der Waals surface area contributed by atoms with E-state index in [1.807, 2.05) is 0 Å². The molecule has 0 aliphatic rings. The number of aliphatic hydroxyl groups is 1. The second kappa shape index (κ2) is 21.7. The Bertz CT molecular complexity index is 415. The molecule has 0 rings (SSSR count). The third-order valence-electron chi connectivity index (χ3n) is 5.57. The van der Waals surface area contributed by atoms with Gasteiger partial charge in [0.05, 0.1) is 16.2 Å². The number of hydrogen-bond donors (Lipinski definition) is 1. The second-order valence-electron chi connectivity index (χ2n) is 8.14. The average molecular weight is 445 g/mol. The molecular weight excluding hydrogens is 399 g/mol. The fourth-order valence-electron chi connectivity index (χ4n) is 3.67. The Hall–Kier alpha value is 1.51. The summed E-state index contributed by atoms with van der Waals surface area (Å²) in [4.78, 5) is 0. The Morgan fingerprint density at radius 3 is 1.39 bits per heavy atom. The SMILES string of the molecule is CCCCCCCC(O)CCCCCCCCCCCC(CC)S(=O)(=O)[O-].[K+]. The molecule has 1 N–H and O–H groups in total. The smallest absolute Gasteiger partial charge is 0.748 e. The maximum absolute atomic E-state index is 11.0. The average Bonchev–Trinajstić information content (AvgIpc) is 2.61. The van der Waals surface area contributed by atoms with Gasteiger partial charge in [0.2, 0.25) is 0 Å². The van der Waals surface area contributed by atoms with Gasteiger partial charge in [0.25, 0.3) is 0 Å². The molecule has 2 atom stereocenters. The number of unbranched alkanes of at least 4 members (excludes halogenated alkanes) is 12.